The first-order chi connectivity index (χ1) is 12.8. The van der Waals surface area contributed by atoms with Gasteiger partial charge in [-0.3, -0.25) is 4.79 Å². The standard InChI is InChI=1S/C21H24Cl2N2OS/c1-4-21(2,3)11-5-7-14-16(9-11)27-20-17(14)19(26)24-18(25-20)13-8-6-12(22)10-15(13)23/h6,8,10-11,18,25H,4-5,7,9H2,1-3H3,(H,24,26)/t11-,18-/m0/s1. The van der Waals surface area contributed by atoms with Gasteiger partial charge in [-0.1, -0.05) is 56.5 Å². The van der Waals surface area contributed by atoms with Crippen LogP contribution in [0.2, 0.25) is 10.0 Å². The Labute approximate surface area is 174 Å². The summed E-state index contributed by atoms with van der Waals surface area (Å²) in [5.41, 5.74) is 3.24. The maximum atomic E-state index is 12.9. The maximum Gasteiger partial charge on any atom is 0.256 e. The molecule has 0 saturated carbocycles. The number of nitrogens with one attached hydrogen (secondary N) is 2. The number of hydrogen-bond donors (Lipinski definition) is 2. The minimum atomic E-state index is -0.335. The van der Waals surface area contributed by atoms with Crippen LogP contribution in [-0.4, -0.2) is 5.91 Å². The monoisotopic (exact) mass is 422 g/mol. The van der Waals surface area contributed by atoms with Crippen LogP contribution in [0.25, 0.3) is 0 Å². The van der Waals surface area contributed by atoms with Crippen LogP contribution in [0.3, 0.4) is 0 Å². The second-order valence-corrected chi connectivity index (χ2v) is 10.2. The Morgan fingerprint density at radius 2 is 2.04 bits per heavy atom. The van der Waals surface area contributed by atoms with E-state index < -0.39 is 0 Å². The summed E-state index contributed by atoms with van der Waals surface area (Å²) < 4.78 is 0. The summed E-state index contributed by atoms with van der Waals surface area (Å²) in [4.78, 5) is 14.3. The van der Waals surface area contributed by atoms with Gasteiger partial charge in [-0.05, 0) is 48.3 Å². The van der Waals surface area contributed by atoms with Crippen molar-refractivity contribution >= 4 is 45.4 Å². The molecule has 0 radical (unpaired) electrons. The summed E-state index contributed by atoms with van der Waals surface area (Å²) in [5.74, 6) is 0.658. The normalized spacial score (nSPS) is 21.9. The number of carbonyl (C=O) groups excluding carboxylic acids is 1. The highest BCUT2D eigenvalue weighted by atomic mass is 35.5. The van der Waals surface area contributed by atoms with Gasteiger partial charge in [-0.2, -0.15) is 0 Å². The molecule has 3 nitrogen and oxygen atoms in total. The van der Waals surface area contributed by atoms with Crippen LogP contribution < -0.4 is 10.6 Å². The molecule has 2 atom stereocenters. The van der Waals surface area contributed by atoms with Crippen molar-refractivity contribution in [3.63, 3.8) is 0 Å². The molecule has 1 aromatic heterocycles. The number of hydrogen-bond acceptors (Lipinski definition) is 3. The molecule has 1 aliphatic heterocycles. The maximum absolute atomic E-state index is 12.9. The van der Waals surface area contributed by atoms with Gasteiger partial charge in [0.15, 0.2) is 0 Å². The van der Waals surface area contributed by atoms with Crippen LogP contribution >= 0.6 is 34.5 Å². The lowest BCUT2D eigenvalue weighted by Crippen LogP contribution is -2.38. The zero-order valence-corrected chi connectivity index (χ0v) is 18.1. The van der Waals surface area contributed by atoms with Crippen molar-refractivity contribution in [2.75, 3.05) is 5.32 Å². The fourth-order valence-corrected chi connectivity index (χ4v) is 6.02. The van der Waals surface area contributed by atoms with Gasteiger partial charge in [0.2, 0.25) is 0 Å². The number of thiophene rings is 1. The average Bonchev–Trinajstić information content (AvgIpc) is 2.99. The van der Waals surface area contributed by atoms with E-state index in [9.17, 15) is 4.79 Å². The van der Waals surface area contributed by atoms with Gasteiger partial charge in [0, 0.05) is 20.5 Å². The number of amides is 1. The highest BCUT2D eigenvalue weighted by molar-refractivity contribution is 7.16. The van der Waals surface area contributed by atoms with E-state index in [2.05, 4.69) is 31.4 Å². The molecule has 0 bridgehead atoms. The van der Waals surface area contributed by atoms with Crippen LogP contribution in [0.5, 0.6) is 0 Å². The van der Waals surface area contributed by atoms with Crippen molar-refractivity contribution in [3.8, 4) is 0 Å². The summed E-state index contributed by atoms with van der Waals surface area (Å²) in [7, 11) is 0. The molecular formula is C21H24Cl2N2OS. The fourth-order valence-electron chi connectivity index (χ4n) is 4.15. The number of fused-ring (bicyclic) bond motifs is 3. The van der Waals surface area contributed by atoms with E-state index in [1.807, 2.05) is 6.07 Å². The Bertz CT molecular complexity index is 906. The van der Waals surface area contributed by atoms with Gasteiger partial charge in [-0.25, -0.2) is 0 Å². The number of rotatable bonds is 3. The van der Waals surface area contributed by atoms with Crippen molar-refractivity contribution in [2.24, 2.45) is 11.3 Å². The zero-order valence-electron chi connectivity index (χ0n) is 15.8. The van der Waals surface area contributed by atoms with E-state index in [0.717, 1.165) is 35.4 Å². The summed E-state index contributed by atoms with van der Waals surface area (Å²) in [6, 6.07) is 5.36. The van der Waals surface area contributed by atoms with Gasteiger partial charge in [-0.15, -0.1) is 11.3 Å². The summed E-state index contributed by atoms with van der Waals surface area (Å²) >= 11 is 14.1. The van der Waals surface area contributed by atoms with E-state index in [1.165, 1.54) is 16.9 Å². The third-order valence-corrected chi connectivity index (χ3v) is 8.08. The van der Waals surface area contributed by atoms with Crippen LogP contribution in [0.15, 0.2) is 18.2 Å². The third kappa shape index (κ3) is 3.37. The molecule has 4 rings (SSSR count). The molecule has 2 aromatic rings. The van der Waals surface area contributed by atoms with Crippen molar-refractivity contribution in [2.45, 2.75) is 52.6 Å². The summed E-state index contributed by atoms with van der Waals surface area (Å²) in [6.45, 7) is 6.99. The molecular weight excluding hydrogens is 399 g/mol. The molecule has 2 aliphatic rings. The van der Waals surface area contributed by atoms with Crippen molar-refractivity contribution in [1.82, 2.24) is 5.32 Å². The largest absolute Gasteiger partial charge is 0.353 e. The predicted molar refractivity (Wildman–Crippen MR) is 114 cm³/mol. The number of benzene rings is 1. The second kappa shape index (κ2) is 6.98. The molecule has 1 aliphatic carbocycles. The molecule has 0 saturated heterocycles. The third-order valence-electron chi connectivity index (χ3n) is 6.33. The number of anilines is 1. The predicted octanol–water partition coefficient (Wildman–Crippen LogP) is 6.45. The van der Waals surface area contributed by atoms with E-state index in [0.29, 0.717) is 21.4 Å². The van der Waals surface area contributed by atoms with Crippen molar-refractivity contribution in [3.05, 3.63) is 49.8 Å². The lowest BCUT2D eigenvalue weighted by atomic mass is 9.69. The first-order valence-corrected chi connectivity index (χ1v) is 11.0. The topological polar surface area (TPSA) is 41.1 Å². The Balaban J connectivity index is 1.65. The Morgan fingerprint density at radius 3 is 2.74 bits per heavy atom. The minimum absolute atomic E-state index is 0.00883. The molecule has 0 fully saturated rings. The van der Waals surface area contributed by atoms with Gasteiger partial charge in [0.25, 0.3) is 5.91 Å². The Morgan fingerprint density at radius 1 is 1.26 bits per heavy atom. The average molecular weight is 423 g/mol. The van der Waals surface area contributed by atoms with Crippen LogP contribution in [0.1, 0.15) is 66.1 Å². The van der Waals surface area contributed by atoms with Crippen molar-refractivity contribution in [1.29, 1.82) is 0 Å². The van der Waals surface area contributed by atoms with Gasteiger partial charge in [0.1, 0.15) is 11.2 Å². The Hall–Kier alpha value is -1.23. The molecule has 144 valence electrons. The lowest BCUT2D eigenvalue weighted by Gasteiger charge is -2.36. The van der Waals surface area contributed by atoms with Crippen LogP contribution in [-0.2, 0) is 12.8 Å². The summed E-state index contributed by atoms with van der Waals surface area (Å²) in [5, 5.41) is 8.66. The molecule has 27 heavy (non-hydrogen) atoms. The van der Waals surface area contributed by atoms with E-state index in [-0.39, 0.29) is 12.1 Å². The molecule has 1 aromatic carbocycles. The molecule has 6 heteroatoms. The van der Waals surface area contributed by atoms with Crippen molar-refractivity contribution < 1.29 is 4.79 Å². The zero-order chi connectivity index (χ0) is 19.3. The molecule has 2 heterocycles. The van der Waals surface area contributed by atoms with Crippen LogP contribution in [0, 0.1) is 11.3 Å². The van der Waals surface area contributed by atoms with Gasteiger partial charge < -0.3 is 10.6 Å². The first kappa shape index (κ1) is 19.1. The highest BCUT2D eigenvalue weighted by Gasteiger charge is 2.37. The molecule has 0 spiro atoms. The van der Waals surface area contributed by atoms with Gasteiger partial charge in [0.05, 0.1) is 5.56 Å². The minimum Gasteiger partial charge on any atom is -0.353 e. The number of halogens is 2. The first-order valence-electron chi connectivity index (χ1n) is 9.47. The molecule has 1 amide bonds. The SMILES string of the molecule is CCC(C)(C)[C@H]1CCc2c(sc3c2C(=O)N[C@H](c2ccc(Cl)cc2Cl)N3)C1. The van der Waals surface area contributed by atoms with Gasteiger partial charge >= 0.3 is 0 Å². The smallest absolute Gasteiger partial charge is 0.256 e. The van der Waals surface area contributed by atoms with E-state index in [4.69, 9.17) is 23.2 Å². The Kier molecular flexibility index (Phi) is 4.94. The lowest BCUT2D eigenvalue weighted by molar-refractivity contribution is 0.0934. The quantitative estimate of drug-likeness (QED) is 0.596. The van der Waals surface area contributed by atoms with Crippen LogP contribution in [0.4, 0.5) is 5.00 Å². The molecule has 2 N–H and O–H groups in total. The summed E-state index contributed by atoms with van der Waals surface area (Å²) in [6.07, 6.45) is 4.04. The van der Waals surface area contributed by atoms with E-state index in [1.54, 1.807) is 23.5 Å². The van der Waals surface area contributed by atoms with E-state index >= 15 is 0 Å². The molecule has 0 unspecified atom stereocenters. The second-order valence-electron chi connectivity index (χ2n) is 8.21. The highest BCUT2D eigenvalue weighted by Crippen LogP contribution is 2.47. The number of carbonyl (C=O) groups is 1. The fraction of sp³-hybridized carbons (Fsp3) is 0.476.